The summed E-state index contributed by atoms with van der Waals surface area (Å²) in [6.45, 7) is 7.07. The molecule has 6 atom stereocenters. The van der Waals surface area contributed by atoms with Gasteiger partial charge in [-0.2, -0.15) is 0 Å². The van der Waals surface area contributed by atoms with Crippen molar-refractivity contribution in [2.24, 2.45) is 11.8 Å². The molecular formula is C28H34ClN3O4S. The first-order valence-corrected chi connectivity index (χ1v) is 14.4. The summed E-state index contributed by atoms with van der Waals surface area (Å²) in [5.41, 5.74) is 1.50. The Kier molecular flexibility index (Phi) is 7.20. The van der Waals surface area contributed by atoms with E-state index in [1.807, 2.05) is 62.1 Å². The lowest BCUT2D eigenvalue weighted by atomic mass is 9.78. The van der Waals surface area contributed by atoms with E-state index in [0.29, 0.717) is 36.8 Å². The number of fused-ring (bicyclic) bond motifs is 2. The number of hydrogen-bond acceptors (Lipinski definition) is 5. The van der Waals surface area contributed by atoms with Crippen molar-refractivity contribution in [3.63, 3.8) is 0 Å². The number of aryl methyl sites for hydroxylation is 1. The number of anilines is 1. The average Bonchev–Trinajstić information content (AvgIpc) is 3.19. The minimum absolute atomic E-state index is 0.0267. The maximum atomic E-state index is 14.5. The molecular weight excluding hydrogens is 510 g/mol. The van der Waals surface area contributed by atoms with Crippen LogP contribution in [0.4, 0.5) is 5.69 Å². The van der Waals surface area contributed by atoms with Crippen LogP contribution in [-0.2, 0) is 14.4 Å². The van der Waals surface area contributed by atoms with Crippen LogP contribution in [0.2, 0.25) is 5.02 Å². The van der Waals surface area contributed by atoms with Crippen LogP contribution < -0.4 is 4.90 Å². The molecule has 5 rings (SSSR count). The lowest BCUT2D eigenvalue weighted by Crippen LogP contribution is -2.56. The van der Waals surface area contributed by atoms with E-state index in [2.05, 4.69) is 0 Å². The third-order valence-electron chi connectivity index (χ3n) is 8.21. The van der Waals surface area contributed by atoms with Gasteiger partial charge in [-0.05, 0) is 31.4 Å². The second-order valence-electron chi connectivity index (χ2n) is 10.3. The highest BCUT2D eigenvalue weighted by Crippen LogP contribution is 2.61. The first-order chi connectivity index (χ1) is 17.8. The number of carbonyl (C=O) groups excluding carboxylic acids is 3. The monoisotopic (exact) mass is 543 g/mol. The highest BCUT2D eigenvalue weighted by Gasteiger charge is 2.71. The van der Waals surface area contributed by atoms with E-state index in [-0.39, 0.29) is 29.6 Å². The Morgan fingerprint density at radius 3 is 2.59 bits per heavy atom. The van der Waals surface area contributed by atoms with Gasteiger partial charge in [0.15, 0.2) is 0 Å². The molecule has 1 N–H and O–H groups in total. The zero-order chi connectivity index (χ0) is 26.5. The summed E-state index contributed by atoms with van der Waals surface area (Å²) in [5.74, 6) is -1.72. The van der Waals surface area contributed by atoms with Gasteiger partial charge in [0.1, 0.15) is 6.04 Å². The Bertz CT molecular complexity index is 1150. The molecule has 2 fully saturated rings. The highest BCUT2D eigenvalue weighted by atomic mass is 35.5. The third-order valence-corrected chi connectivity index (χ3v) is 10.3. The highest BCUT2D eigenvalue weighted by molar-refractivity contribution is 8.02. The van der Waals surface area contributed by atoms with Crippen LogP contribution in [0.5, 0.6) is 0 Å². The standard InChI is InChI=1S/C28H34ClN3O4S/c1-4-13-30-14-7-11-20-21(25(30)34)22-26(35)32(18(5-2)16-33)24-27(36)31(15-8-12-28(22,24)37-20)23-17(3)9-6-10-19(23)29/h6-12,18,20-22,24,33H,4-5,13-16H2,1-3H3/t18-,20-,21+,22-,24?,28-/m0/s1. The molecule has 0 aliphatic carbocycles. The van der Waals surface area contributed by atoms with Gasteiger partial charge in [-0.25, -0.2) is 0 Å². The van der Waals surface area contributed by atoms with Crippen LogP contribution in [0.1, 0.15) is 32.3 Å². The number of aliphatic hydroxyl groups excluding tert-OH is 1. The lowest BCUT2D eigenvalue weighted by molar-refractivity contribution is -0.144. The van der Waals surface area contributed by atoms with Gasteiger partial charge < -0.3 is 19.8 Å². The molecule has 1 spiro atoms. The van der Waals surface area contributed by atoms with Gasteiger partial charge in [0.25, 0.3) is 5.91 Å². The Morgan fingerprint density at radius 1 is 1.14 bits per heavy atom. The molecule has 0 radical (unpaired) electrons. The van der Waals surface area contributed by atoms with E-state index in [1.165, 1.54) is 0 Å². The maximum absolute atomic E-state index is 14.5. The number of hydrogen-bond donors (Lipinski definition) is 1. The van der Waals surface area contributed by atoms with E-state index in [1.54, 1.807) is 27.6 Å². The molecule has 37 heavy (non-hydrogen) atoms. The van der Waals surface area contributed by atoms with Crippen LogP contribution in [0, 0.1) is 18.8 Å². The summed E-state index contributed by atoms with van der Waals surface area (Å²) in [6.07, 6.45) is 9.34. The number of amides is 3. The topological polar surface area (TPSA) is 81.2 Å². The number of nitrogens with zero attached hydrogens (tertiary/aromatic N) is 3. The van der Waals surface area contributed by atoms with Gasteiger partial charge in [-0.15, -0.1) is 11.8 Å². The molecule has 4 heterocycles. The van der Waals surface area contributed by atoms with Gasteiger partial charge in [0, 0.05) is 24.9 Å². The van der Waals surface area contributed by atoms with Crippen molar-refractivity contribution in [2.45, 2.75) is 55.7 Å². The number of likely N-dealkylation sites (tertiary alicyclic amines) is 1. The average molecular weight is 544 g/mol. The van der Waals surface area contributed by atoms with Crippen LogP contribution >= 0.6 is 23.4 Å². The van der Waals surface area contributed by atoms with Gasteiger partial charge in [-0.3, -0.25) is 14.4 Å². The molecule has 198 valence electrons. The molecule has 1 aromatic carbocycles. The van der Waals surface area contributed by atoms with Gasteiger partial charge >= 0.3 is 0 Å². The van der Waals surface area contributed by atoms with Crippen molar-refractivity contribution < 1.29 is 19.5 Å². The summed E-state index contributed by atoms with van der Waals surface area (Å²) < 4.78 is -0.911. The van der Waals surface area contributed by atoms with Crippen molar-refractivity contribution in [3.05, 3.63) is 53.1 Å². The molecule has 4 aliphatic heterocycles. The summed E-state index contributed by atoms with van der Waals surface area (Å²) >= 11 is 8.15. The minimum atomic E-state index is -0.911. The third kappa shape index (κ3) is 3.94. The van der Waals surface area contributed by atoms with E-state index in [4.69, 9.17) is 11.6 Å². The number of halogens is 1. The zero-order valence-corrected chi connectivity index (χ0v) is 23.0. The summed E-state index contributed by atoms with van der Waals surface area (Å²) in [7, 11) is 0. The Labute approximate surface area is 227 Å². The van der Waals surface area contributed by atoms with Crippen LogP contribution in [0.3, 0.4) is 0 Å². The number of rotatable bonds is 6. The number of benzene rings is 1. The molecule has 4 aliphatic rings. The fraction of sp³-hybridized carbons (Fsp3) is 0.536. The van der Waals surface area contributed by atoms with Crippen molar-refractivity contribution in [1.29, 1.82) is 0 Å². The number of para-hydroxylation sites is 1. The normalized spacial score (nSPS) is 31.8. The molecule has 1 aromatic rings. The van der Waals surface area contributed by atoms with Crippen LogP contribution in [-0.4, -0.2) is 80.9 Å². The molecule has 3 amide bonds. The Hall–Kier alpha value is -2.29. The molecule has 9 heteroatoms. The zero-order valence-electron chi connectivity index (χ0n) is 21.5. The van der Waals surface area contributed by atoms with Crippen molar-refractivity contribution in [3.8, 4) is 0 Å². The predicted molar refractivity (Wildman–Crippen MR) is 147 cm³/mol. The molecule has 0 bridgehead atoms. The summed E-state index contributed by atoms with van der Waals surface area (Å²) in [4.78, 5) is 47.7. The summed E-state index contributed by atoms with van der Waals surface area (Å²) in [6, 6.07) is 4.15. The quantitative estimate of drug-likeness (QED) is 0.556. The van der Waals surface area contributed by atoms with Crippen molar-refractivity contribution in [2.75, 3.05) is 31.1 Å². The fourth-order valence-electron chi connectivity index (χ4n) is 6.57. The number of aliphatic hydroxyl groups is 1. The minimum Gasteiger partial charge on any atom is -0.394 e. The lowest BCUT2D eigenvalue weighted by Gasteiger charge is -2.38. The van der Waals surface area contributed by atoms with Crippen molar-refractivity contribution in [1.82, 2.24) is 9.80 Å². The number of carbonyl (C=O) groups is 3. The maximum Gasteiger partial charge on any atom is 0.251 e. The van der Waals surface area contributed by atoms with E-state index >= 15 is 0 Å². The van der Waals surface area contributed by atoms with E-state index < -0.39 is 28.7 Å². The Morgan fingerprint density at radius 2 is 1.92 bits per heavy atom. The smallest absolute Gasteiger partial charge is 0.251 e. The van der Waals surface area contributed by atoms with Gasteiger partial charge in [0.2, 0.25) is 11.8 Å². The second kappa shape index (κ2) is 10.1. The number of thioether (sulfide) groups is 1. The molecule has 7 nitrogen and oxygen atoms in total. The van der Waals surface area contributed by atoms with Crippen LogP contribution in [0.15, 0.2) is 42.5 Å². The van der Waals surface area contributed by atoms with E-state index in [9.17, 15) is 19.5 Å². The van der Waals surface area contributed by atoms with E-state index in [0.717, 1.165) is 12.0 Å². The predicted octanol–water partition coefficient (Wildman–Crippen LogP) is 3.43. The molecule has 2 saturated heterocycles. The summed E-state index contributed by atoms with van der Waals surface area (Å²) in [5, 5.41) is 10.5. The molecule has 1 unspecified atom stereocenters. The SMILES string of the molecule is CCCN1CC=C[C@@H]2S[C@]34C=CCN(c5c(C)cccc5Cl)C(=O)C3N([C@@H](CC)CO)C(=O)[C@@H]4[C@@H]2C1=O. The van der Waals surface area contributed by atoms with Gasteiger partial charge in [0.05, 0.1) is 39.9 Å². The fourth-order valence-corrected chi connectivity index (χ4v) is 8.89. The molecule has 0 aromatic heterocycles. The molecule has 0 saturated carbocycles. The van der Waals surface area contributed by atoms with Gasteiger partial charge in [-0.1, -0.05) is 61.9 Å². The first-order valence-electron chi connectivity index (χ1n) is 13.1. The second-order valence-corrected chi connectivity index (χ2v) is 12.2. The van der Waals surface area contributed by atoms with Crippen LogP contribution in [0.25, 0.3) is 0 Å². The first kappa shape index (κ1) is 26.3. The van der Waals surface area contributed by atoms with Crippen molar-refractivity contribution >= 4 is 46.8 Å². The Balaban J connectivity index is 1.66. The largest absolute Gasteiger partial charge is 0.394 e.